The third-order valence-electron chi connectivity index (χ3n) is 4.46. The molecule has 1 aliphatic heterocycles. The fourth-order valence-corrected chi connectivity index (χ4v) is 3.82. The van der Waals surface area contributed by atoms with Crippen molar-refractivity contribution in [2.24, 2.45) is 0 Å². The number of likely N-dealkylation sites (N-methyl/N-ethyl adjacent to an activating group) is 1. The highest BCUT2D eigenvalue weighted by Gasteiger charge is 2.26. The molecule has 0 bridgehead atoms. The summed E-state index contributed by atoms with van der Waals surface area (Å²) in [6.07, 6.45) is 0. The average Bonchev–Trinajstić information content (AvgIpc) is 3.01. The Bertz CT molecular complexity index is 888. The van der Waals surface area contributed by atoms with Gasteiger partial charge < -0.3 is 10.4 Å². The molecule has 1 fully saturated rings. The number of fused-ring (bicyclic) bond motifs is 1. The third-order valence-corrected chi connectivity index (χ3v) is 5.34. The van der Waals surface area contributed by atoms with Gasteiger partial charge in [0.2, 0.25) is 5.95 Å². The van der Waals surface area contributed by atoms with Crippen molar-refractivity contribution in [1.82, 2.24) is 20.1 Å². The van der Waals surface area contributed by atoms with Crippen molar-refractivity contribution in [3.8, 4) is 17.0 Å². The van der Waals surface area contributed by atoms with Crippen LogP contribution in [0.4, 0.5) is 5.95 Å². The maximum atomic E-state index is 10.5. The Morgan fingerprint density at radius 1 is 1.29 bits per heavy atom. The molecule has 3 heterocycles. The minimum Gasteiger partial charge on any atom is -0.507 e. The zero-order valence-electron chi connectivity index (χ0n) is 13.7. The van der Waals surface area contributed by atoms with Crippen LogP contribution in [0.2, 0.25) is 0 Å². The third kappa shape index (κ3) is 2.59. The van der Waals surface area contributed by atoms with Gasteiger partial charge in [-0.25, -0.2) is 4.98 Å². The van der Waals surface area contributed by atoms with Crippen molar-refractivity contribution in [3.05, 3.63) is 29.3 Å². The molecule has 0 spiro atoms. The topological polar surface area (TPSA) is 74.2 Å². The number of nitrogens with zero attached hydrogens (tertiary/aromatic N) is 4. The zero-order valence-corrected chi connectivity index (χ0v) is 14.5. The molecule has 0 saturated carbocycles. The number of aromatic nitrogens is 3. The van der Waals surface area contributed by atoms with Gasteiger partial charge in [0.05, 0.1) is 11.7 Å². The molecule has 3 aromatic rings. The summed E-state index contributed by atoms with van der Waals surface area (Å²) < 4.78 is 1.05. The highest BCUT2D eigenvalue weighted by molar-refractivity contribution is 7.17. The number of likely N-dealkylation sites (tertiary alicyclic amines) is 1. The number of rotatable bonds is 4. The molecule has 6 nitrogen and oxygen atoms in total. The van der Waals surface area contributed by atoms with E-state index in [1.165, 1.54) is 0 Å². The number of phenolic OH excluding ortho intramolecular Hbond substituents is 1. The van der Waals surface area contributed by atoms with Gasteiger partial charge in [0, 0.05) is 28.7 Å². The largest absolute Gasteiger partial charge is 0.507 e. The van der Waals surface area contributed by atoms with Crippen LogP contribution in [-0.2, 0) is 0 Å². The molecule has 4 rings (SSSR count). The highest BCUT2D eigenvalue weighted by Crippen LogP contribution is 2.37. The van der Waals surface area contributed by atoms with Crippen LogP contribution in [0.15, 0.2) is 23.6 Å². The summed E-state index contributed by atoms with van der Waals surface area (Å²) in [5, 5.41) is 25.2. The van der Waals surface area contributed by atoms with Crippen LogP contribution in [0.3, 0.4) is 0 Å². The number of thiophene rings is 1. The Morgan fingerprint density at radius 2 is 2.12 bits per heavy atom. The van der Waals surface area contributed by atoms with Crippen molar-refractivity contribution in [1.29, 1.82) is 0 Å². The molecule has 1 aliphatic rings. The molecule has 0 aliphatic carbocycles. The number of nitrogens with one attached hydrogen (secondary N) is 1. The van der Waals surface area contributed by atoms with Crippen LogP contribution in [0.1, 0.15) is 12.6 Å². The first-order valence-corrected chi connectivity index (χ1v) is 8.93. The van der Waals surface area contributed by atoms with Gasteiger partial charge in [0.25, 0.3) is 0 Å². The first kappa shape index (κ1) is 15.3. The SMILES string of the molecule is CCN1CC(Nc2nnc(-c3ccc4sccc4c3O)c(C)n2)C1. The van der Waals surface area contributed by atoms with Crippen LogP contribution >= 0.6 is 11.3 Å². The lowest BCUT2D eigenvalue weighted by atomic mass is 10.1. The second kappa shape index (κ2) is 5.99. The number of hydrogen-bond donors (Lipinski definition) is 2. The van der Waals surface area contributed by atoms with Gasteiger partial charge >= 0.3 is 0 Å². The summed E-state index contributed by atoms with van der Waals surface area (Å²) in [5.41, 5.74) is 2.05. The molecular formula is C17H19N5OS. The summed E-state index contributed by atoms with van der Waals surface area (Å²) in [5.74, 6) is 0.791. The van der Waals surface area contributed by atoms with Crippen molar-refractivity contribution in [2.45, 2.75) is 19.9 Å². The summed E-state index contributed by atoms with van der Waals surface area (Å²) in [6, 6.07) is 6.18. The van der Waals surface area contributed by atoms with E-state index in [1.54, 1.807) is 11.3 Å². The Labute approximate surface area is 144 Å². The molecule has 0 atom stereocenters. The van der Waals surface area contributed by atoms with E-state index < -0.39 is 0 Å². The van der Waals surface area contributed by atoms with E-state index in [0.717, 1.165) is 35.4 Å². The number of aromatic hydroxyl groups is 1. The lowest BCUT2D eigenvalue weighted by Crippen LogP contribution is -2.54. The van der Waals surface area contributed by atoms with Crippen molar-refractivity contribution < 1.29 is 5.11 Å². The van der Waals surface area contributed by atoms with Gasteiger partial charge in [-0.05, 0) is 37.0 Å². The molecule has 124 valence electrons. The highest BCUT2D eigenvalue weighted by atomic mass is 32.1. The number of anilines is 1. The molecule has 7 heteroatoms. The molecule has 0 amide bonds. The van der Waals surface area contributed by atoms with E-state index in [1.807, 2.05) is 30.5 Å². The van der Waals surface area contributed by atoms with Gasteiger partial charge in [-0.2, -0.15) is 0 Å². The summed E-state index contributed by atoms with van der Waals surface area (Å²) in [7, 11) is 0. The van der Waals surface area contributed by atoms with Crippen LogP contribution < -0.4 is 5.32 Å². The van der Waals surface area contributed by atoms with E-state index >= 15 is 0 Å². The number of benzene rings is 1. The van der Waals surface area contributed by atoms with Crippen molar-refractivity contribution >= 4 is 27.4 Å². The van der Waals surface area contributed by atoms with Gasteiger partial charge in [-0.3, -0.25) is 4.90 Å². The quantitative estimate of drug-likeness (QED) is 0.760. The predicted octanol–water partition coefficient (Wildman–Crippen LogP) is 2.88. The molecule has 0 unspecified atom stereocenters. The Morgan fingerprint density at radius 3 is 2.88 bits per heavy atom. The second-order valence-electron chi connectivity index (χ2n) is 6.06. The fraction of sp³-hybridized carbons (Fsp3) is 0.353. The Balaban J connectivity index is 1.60. The first-order chi connectivity index (χ1) is 11.7. The minimum atomic E-state index is 0.242. The maximum Gasteiger partial charge on any atom is 0.243 e. The second-order valence-corrected chi connectivity index (χ2v) is 7.00. The summed E-state index contributed by atoms with van der Waals surface area (Å²) >= 11 is 1.60. The van der Waals surface area contributed by atoms with E-state index in [4.69, 9.17) is 0 Å². The molecule has 2 N–H and O–H groups in total. The first-order valence-electron chi connectivity index (χ1n) is 8.05. The number of phenols is 1. The van der Waals surface area contributed by atoms with Crippen LogP contribution in [-0.4, -0.2) is 50.9 Å². The maximum absolute atomic E-state index is 10.5. The van der Waals surface area contributed by atoms with Gasteiger partial charge in [0.1, 0.15) is 11.4 Å². The standard InChI is InChI=1S/C17H19N5OS/c1-3-22-8-11(9-22)19-17-18-10(2)15(20-21-17)13-4-5-14-12(16(13)23)6-7-24-14/h4-7,11,23H,3,8-9H2,1-2H3,(H,18,19,21). The smallest absolute Gasteiger partial charge is 0.243 e. The van der Waals surface area contributed by atoms with Gasteiger partial charge in [0.15, 0.2) is 0 Å². The van der Waals surface area contributed by atoms with E-state index in [-0.39, 0.29) is 5.75 Å². The summed E-state index contributed by atoms with van der Waals surface area (Å²) in [6.45, 7) is 7.14. The van der Waals surface area contributed by atoms with E-state index in [2.05, 4.69) is 32.3 Å². The molecular weight excluding hydrogens is 322 g/mol. The normalized spacial score (nSPS) is 15.6. The average molecular weight is 341 g/mol. The number of aryl methyl sites for hydroxylation is 1. The van der Waals surface area contributed by atoms with E-state index in [9.17, 15) is 5.11 Å². The number of hydrogen-bond acceptors (Lipinski definition) is 7. The molecule has 1 aromatic carbocycles. The monoisotopic (exact) mass is 341 g/mol. The predicted molar refractivity (Wildman–Crippen MR) is 96.6 cm³/mol. The fourth-order valence-electron chi connectivity index (χ4n) is 3.04. The summed E-state index contributed by atoms with van der Waals surface area (Å²) in [4.78, 5) is 6.87. The van der Waals surface area contributed by atoms with Gasteiger partial charge in [-0.15, -0.1) is 21.5 Å². The minimum absolute atomic E-state index is 0.242. The molecule has 1 saturated heterocycles. The van der Waals surface area contributed by atoms with Crippen LogP contribution in [0.25, 0.3) is 21.3 Å². The van der Waals surface area contributed by atoms with Crippen molar-refractivity contribution in [2.75, 3.05) is 25.0 Å². The zero-order chi connectivity index (χ0) is 16.7. The Hall–Kier alpha value is -2.25. The van der Waals surface area contributed by atoms with Crippen LogP contribution in [0.5, 0.6) is 5.75 Å². The molecule has 2 aromatic heterocycles. The Kier molecular flexibility index (Phi) is 3.82. The van der Waals surface area contributed by atoms with Crippen LogP contribution in [0, 0.1) is 6.92 Å². The van der Waals surface area contributed by atoms with Crippen molar-refractivity contribution in [3.63, 3.8) is 0 Å². The lowest BCUT2D eigenvalue weighted by Gasteiger charge is -2.38. The lowest BCUT2D eigenvalue weighted by molar-refractivity contribution is 0.171. The van der Waals surface area contributed by atoms with Gasteiger partial charge in [-0.1, -0.05) is 6.92 Å². The molecule has 24 heavy (non-hydrogen) atoms. The molecule has 0 radical (unpaired) electrons. The van der Waals surface area contributed by atoms with E-state index in [0.29, 0.717) is 23.2 Å².